The van der Waals surface area contributed by atoms with Crippen LogP contribution in [0.3, 0.4) is 0 Å². The van der Waals surface area contributed by atoms with Crippen LogP contribution in [0.4, 0.5) is 0 Å². The van der Waals surface area contributed by atoms with Crippen LogP contribution in [0.2, 0.25) is 0 Å². The lowest BCUT2D eigenvalue weighted by Crippen LogP contribution is -2.36. The highest BCUT2D eigenvalue weighted by Crippen LogP contribution is 2.14. The number of hydrogen-bond acceptors (Lipinski definition) is 5. The molecule has 0 aromatic carbocycles. The van der Waals surface area contributed by atoms with Crippen LogP contribution in [0, 0.1) is 0 Å². The lowest BCUT2D eigenvalue weighted by atomic mass is 10.1. The molecular weight excluding hydrogens is 204 g/mol. The van der Waals surface area contributed by atoms with E-state index in [0.717, 1.165) is 31.6 Å². The number of hydrogen-bond donors (Lipinski definition) is 1. The average Bonchev–Trinajstić information content (AvgIpc) is 2.32. The lowest BCUT2D eigenvalue weighted by molar-refractivity contribution is 0.105. The minimum atomic E-state index is 0.240. The largest absolute Gasteiger partial charge is 0.460 e. The van der Waals surface area contributed by atoms with E-state index in [-0.39, 0.29) is 6.10 Å². The molecule has 1 fully saturated rings. The van der Waals surface area contributed by atoms with Gasteiger partial charge in [-0.05, 0) is 26.0 Å². The summed E-state index contributed by atoms with van der Waals surface area (Å²) in [4.78, 5) is 10.6. The van der Waals surface area contributed by atoms with E-state index in [1.807, 2.05) is 6.07 Å². The van der Waals surface area contributed by atoms with Gasteiger partial charge in [-0.1, -0.05) is 0 Å². The molecule has 16 heavy (non-hydrogen) atoms. The Morgan fingerprint density at radius 2 is 2.25 bits per heavy atom. The number of ether oxygens (including phenoxy) is 1. The van der Waals surface area contributed by atoms with Gasteiger partial charge in [0.05, 0.1) is 5.69 Å². The van der Waals surface area contributed by atoms with Gasteiger partial charge in [0.2, 0.25) is 0 Å². The van der Waals surface area contributed by atoms with Gasteiger partial charge in [-0.2, -0.15) is 4.98 Å². The molecule has 1 saturated heterocycles. The first-order valence-corrected chi connectivity index (χ1v) is 5.65. The molecule has 88 valence electrons. The zero-order valence-electron chi connectivity index (χ0n) is 9.59. The van der Waals surface area contributed by atoms with Gasteiger partial charge >= 0.3 is 6.01 Å². The normalized spacial score (nSPS) is 18.6. The Hall–Kier alpha value is -1.20. The van der Waals surface area contributed by atoms with Crippen LogP contribution in [0.15, 0.2) is 12.3 Å². The third-order valence-electron chi connectivity index (χ3n) is 2.84. The topological polar surface area (TPSA) is 64.3 Å². The average molecular weight is 222 g/mol. The van der Waals surface area contributed by atoms with Gasteiger partial charge in [0.15, 0.2) is 0 Å². The van der Waals surface area contributed by atoms with Crippen molar-refractivity contribution in [2.75, 3.05) is 20.1 Å². The number of piperidine rings is 1. The van der Waals surface area contributed by atoms with E-state index in [2.05, 4.69) is 21.9 Å². The number of likely N-dealkylation sites (tertiary alicyclic amines) is 1. The lowest BCUT2D eigenvalue weighted by Gasteiger charge is -2.28. The molecule has 2 rings (SSSR count). The zero-order valence-corrected chi connectivity index (χ0v) is 9.59. The highest BCUT2D eigenvalue weighted by molar-refractivity contribution is 5.05. The first-order valence-electron chi connectivity index (χ1n) is 5.65. The first kappa shape index (κ1) is 11.3. The minimum absolute atomic E-state index is 0.240. The van der Waals surface area contributed by atoms with E-state index in [9.17, 15) is 0 Å². The Bertz CT molecular complexity index is 337. The summed E-state index contributed by atoms with van der Waals surface area (Å²) in [6.45, 7) is 2.56. The maximum absolute atomic E-state index is 5.74. The molecule has 0 aliphatic carbocycles. The summed E-state index contributed by atoms with van der Waals surface area (Å²) >= 11 is 0. The predicted octanol–water partition coefficient (Wildman–Crippen LogP) is 0.408. The number of nitrogens with zero attached hydrogens (tertiary/aromatic N) is 3. The van der Waals surface area contributed by atoms with E-state index in [4.69, 9.17) is 10.5 Å². The Morgan fingerprint density at radius 3 is 2.94 bits per heavy atom. The predicted molar refractivity (Wildman–Crippen MR) is 61.1 cm³/mol. The van der Waals surface area contributed by atoms with Crippen molar-refractivity contribution in [1.29, 1.82) is 0 Å². The molecular formula is C11H18N4O. The molecule has 1 aliphatic heterocycles. The molecule has 2 heterocycles. The summed E-state index contributed by atoms with van der Waals surface area (Å²) in [6, 6.07) is 2.26. The van der Waals surface area contributed by atoms with E-state index in [1.165, 1.54) is 0 Å². The summed E-state index contributed by atoms with van der Waals surface area (Å²) in [6.07, 6.45) is 4.00. The number of nitrogens with two attached hydrogens (primary N) is 1. The minimum Gasteiger partial charge on any atom is -0.460 e. The fourth-order valence-corrected chi connectivity index (χ4v) is 1.80. The van der Waals surface area contributed by atoms with Crippen molar-refractivity contribution in [3.63, 3.8) is 0 Å². The third kappa shape index (κ3) is 2.90. The molecule has 0 bridgehead atoms. The highest BCUT2D eigenvalue weighted by Gasteiger charge is 2.18. The molecule has 0 saturated carbocycles. The van der Waals surface area contributed by atoms with Gasteiger partial charge in [0.25, 0.3) is 0 Å². The molecule has 0 spiro atoms. The van der Waals surface area contributed by atoms with Crippen molar-refractivity contribution in [2.24, 2.45) is 5.73 Å². The standard InChI is InChI=1S/C11H18N4O/c1-15-6-3-10(4-7-15)16-11-13-5-2-9(8-12)14-11/h2,5,10H,3-4,6-8,12H2,1H3. The van der Waals surface area contributed by atoms with E-state index < -0.39 is 0 Å². The second kappa shape index (κ2) is 5.23. The SMILES string of the molecule is CN1CCC(Oc2nccc(CN)n2)CC1. The summed E-state index contributed by atoms with van der Waals surface area (Å²) in [5.41, 5.74) is 6.34. The smallest absolute Gasteiger partial charge is 0.316 e. The third-order valence-corrected chi connectivity index (χ3v) is 2.84. The number of aromatic nitrogens is 2. The van der Waals surface area contributed by atoms with Crippen LogP contribution in [-0.2, 0) is 6.54 Å². The van der Waals surface area contributed by atoms with Gasteiger partial charge in [0, 0.05) is 25.8 Å². The Kier molecular flexibility index (Phi) is 3.69. The van der Waals surface area contributed by atoms with E-state index >= 15 is 0 Å². The van der Waals surface area contributed by atoms with Crippen molar-refractivity contribution < 1.29 is 4.74 Å². The molecule has 1 aliphatic rings. The molecule has 0 atom stereocenters. The highest BCUT2D eigenvalue weighted by atomic mass is 16.5. The van der Waals surface area contributed by atoms with Crippen LogP contribution < -0.4 is 10.5 Å². The van der Waals surface area contributed by atoms with Gasteiger partial charge in [0.1, 0.15) is 6.10 Å². The van der Waals surface area contributed by atoms with Gasteiger partial charge in [-0.15, -0.1) is 0 Å². The molecule has 1 aromatic rings. The first-order chi connectivity index (χ1) is 7.78. The van der Waals surface area contributed by atoms with Gasteiger partial charge < -0.3 is 15.4 Å². The molecule has 1 aromatic heterocycles. The van der Waals surface area contributed by atoms with Crippen molar-refractivity contribution in [2.45, 2.75) is 25.5 Å². The van der Waals surface area contributed by atoms with Crippen LogP contribution in [0.1, 0.15) is 18.5 Å². The van der Waals surface area contributed by atoms with Crippen LogP contribution in [0.25, 0.3) is 0 Å². The summed E-state index contributed by atoms with van der Waals surface area (Å²) < 4.78 is 5.74. The fourth-order valence-electron chi connectivity index (χ4n) is 1.80. The van der Waals surface area contributed by atoms with Crippen molar-refractivity contribution in [3.05, 3.63) is 18.0 Å². The summed E-state index contributed by atoms with van der Waals surface area (Å²) in [7, 11) is 2.13. The van der Waals surface area contributed by atoms with Crippen molar-refractivity contribution in [3.8, 4) is 6.01 Å². The summed E-state index contributed by atoms with van der Waals surface area (Å²) in [5.74, 6) is 0. The van der Waals surface area contributed by atoms with Gasteiger partial charge in [-0.25, -0.2) is 4.98 Å². The molecule has 0 unspecified atom stereocenters. The van der Waals surface area contributed by atoms with Crippen LogP contribution in [-0.4, -0.2) is 41.1 Å². The molecule has 0 radical (unpaired) electrons. The van der Waals surface area contributed by atoms with Crippen LogP contribution in [0.5, 0.6) is 6.01 Å². The van der Waals surface area contributed by atoms with Crippen molar-refractivity contribution >= 4 is 0 Å². The monoisotopic (exact) mass is 222 g/mol. The zero-order chi connectivity index (χ0) is 11.4. The quantitative estimate of drug-likeness (QED) is 0.802. The van der Waals surface area contributed by atoms with Crippen molar-refractivity contribution in [1.82, 2.24) is 14.9 Å². The second-order valence-corrected chi connectivity index (χ2v) is 4.16. The second-order valence-electron chi connectivity index (χ2n) is 4.16. The van der Waals surface area contributed by atoms with Crippen LogP contribution >= 0.6 is 0 Å². The Morgan fingerprint density at radius 1 is 1.50 bits per heavy atom. The number of rotatable bonds is 3. The Labute approximate surface area is 95.6 Å². The van der Waals surface area contributed by atoms with Gasteiger partial charge in [-0.3, -0.25) is 0 Å². The summed E-state index contributed by atoms with van der Waals surface area (Å²) in [5, 5.41) is 0. The molecule has 5 heteroatoms. The molecule has 2 N–H and O–H groups in total. The molecule has 0 amide bonds. The maximum atomic E-state index is 5.74. The van der Waals surface area contributed by atoms with E-state index in [1.54, 1.807) is 6.20 Å². The Balaban J connectivity index is 1.93. The van der Waals surface area contributed by atoms with E-state index in [0.29, 0.717) is 12.6 Å². The fraction of sp³-hybridized carbons (Fsp3) is 0.636. The maximum Gasteiger partial charge on any atom is 0.316 e. The molecule has 5 nitrogen and oxygen atoms in total.